The first-order valence-corrected chi connectivity index (χ1v) is 7.85. The topological polar surface area (TPSA) is 93.7 Å². The van der Waals surface area contributed by atoms with Crippen molar-refractivity contribution in [3.05, 3.63) is 28.2 Å². The van der Waals surface area contributed by atoms with E-state index in [0.717, 1.165) is 12.8 Å². The lowest BCUT2D eigenvalue weighted by Gasteiger charge is -2.08. The number of imide groups is 1. The summed E-state index contributed by atoms with van der Waals surface area (Å²) in [6, 6.07) is 4.03. The van der Waals surface area contributed by atoms with E-state index in [0.29, 0.717) is 16.8 Å². The molecule has 1 aromatic rings. The number of benzene rings is 1. The van der Waals surface area contributed by atoms with Crippen LogP contribution in [0.3, 0.4) is 0 Å². The number of rotatable bonds is 7. The molecule has 0 aromatic heterocycles. The van der Waals surface area contributed by atoms with Crippen LogP contribution < -0.4 is 15.4 Å². The molecule has 23 heavy (non-hydrogen) atoms. The SMILES string of the molecule is CCCCNC(=O)NC(=O)COC(=O)c1ccc(OC)c(Br)c1. The summed E-state index contributed by atoms with van der Waals surface area (Å²) >= 11 is 3.25. The van der Waals surface area contributed by atoms with Crippen molar-refractivity contribution in [2.45, 2.75) is 19.8 Å². The van der Waals surface area contributed by atoms with Gasteiger partial charge < -0.3 is 14.8 Å². The summed E-state index contributed by atoms with van der Waals surface area (Å²) in [5.74, 6) is -0.794. The molecule has 7 nitrogen and oxygen atoms in total. The van der Waals surface area contributed by atoms with Crippen LogP contribution in [0.5, 0.6) is 5.75 Å². The highest BCUT2D eigenvalue weighted by molar-refractivity contribution is 9.10. The van der Waals surface area contributed by atoms with Gasteiger partial charge in [0.2, 0.25) is 0 Å². The van der Waals surface area contributed by atoms with Gasteiger partial charge in [0, 0.05) is 6.54 Å². The molecule has 0 spiro atoms. The number of amides is 3. The van der Waals surface area contributed by atoms with Gasteiger partial charge in [0.1, 0.15) is 5.75 Å². The molecule has 0 bridgehead atoms. The lowest BCUT2D eigenvalue weighted by molar-refractivity contribution is -0.123. The maximum absolute atomic E-state index is 11.8. The average Bonchev–Trinajstić information content (AvgIpc) is 2.52. The van der Waals surface area contributed by atoms with E-state index in [1.54, 1.807) is 6.07 Å². The monoisotopic (exact) mass is 386 g/mol. The molecule has 0 aliphatic rings. The van der Waals surface area contributed by atoms with Crippen molar-refractivity contribution in [1.29, 1.82) is 0 Å². The smallest absolute Gasteiger partial charge is 0.338 e. The Morgan fingerprint density at radius 1 is 1.26 bits per heavy atom. The molecule has 0 aliphatic carbocycles. The Bertz CT molecular complexity index is 577. The largest absolute Gasteiger partial charge is 0.496 e. The van der Waals surface area contributed by atoms with Crippen LogP contribution in [0.4, 0.5) is 4.79 Å². The fourth-order valence-electron chi connectivity index (χ4n) is 1.59. The Hall–Kier alpha value is -2.09. The molecule has 0 fully saturated rings. The quantitative estimate of drug-likeness (QED) is 0.553. The fraction of sp³-hybridized carbons (Fsp3) is 0.400. The molecule has 0 saturated heterocycles. The molecule has 8 heteroatoms. The van der Waals surface area contributed by atoms with Gasteiger partial charge in [-0.1, -0.05) is 13.3 Å². The molecule has 0 heterocycles. The van der Waals surface area contributed by atoms with E-state index >= 15 is 0 Å². The number of unbranched alkanes of at least 4 members (excludes halogenated alkanes) is 1. The zero-order chi connectivity index (χ0) is 17.2. The van der Waals surface area contributed by atoms with Gasteiger partial charge >= 0.3 is 12.0 Å². The summed E-state index contributed by atoms with van der Waals surface area (Å²) in [5, 5.41) is 4.60. The van der Waals surface area contributed by atoms with Gasteiger partial charge in [-0.3, -0.25) is 10.1 Å². The van der Waals surface area contributed by atoms with Crippen molar-refractivity contribution >= 4 is 33.8 Å². The average molecular weight is 387 g/mol. The van der Waals surface area contributed by atoms with Gasteiger partial charge in [0.15, 0.2) is 6.61 Å². The molecule has 1 rings (SSSR count). The number of halogens is 1. The predicted octanol–water partition coefficient (Wildman–Crippen LogP) is 2.24. The molecule has 0 unspecified atom stereocenters. The van der Waals surface area contributed by atoms with Gasteiger partial charge in [-0.2, -0.15) is 0 Å². The summed E-state index contributed by atoms with van der Waals surface area (Å²) in [6.45, 7) is 1.93. The van der Waals surface area contributed by atoms with Crippen LogP contribution in [0.25, 0.3) is 0 Å². The van der Waals surface area contributed by atoms with Crippen LogP contribution in [-0.4, -0.2) is 38.2 Å². The molecule has 3 amide bonds. The lowest BCUT2D eigenvalue weighted by Crippen LogP contribution is -2.41. The van der Waals surface area contributed by atoms with Gasteiger partial charge in [0.25, 0.3) is 5.91 Å². The number of carbonyl (C=O) groups is 3. The molecule has 0 atom stereocenters. The fourth-order valence-corrected chi connectivity index (χ4v) is 2.13. The zero-order valence-electron chi connectivity index (χ0n) is 13.0. The number of hydrogen-bond acceptors (Lipinski definition) is 5. The van der Waals surface area contributed by atoms with Gasteiger partial charge in [-0.05, 0) is 40.5 Å². The third kappa shape index (κ3) is 6.68. The van der Waals surface area contributed by atoms with Gasteiger partial charge in [0.05, 0.1) is 17.1 Å². The maximum atomic E-state index is 11.8. The molecule has 1 aromatic carbocycles. The third-order valence-electron chi connectivity index (χ3n) is 2.79. The summed E-state index contributed by atoms with van der Waals surface area (Å²) in [7, 11) is 1.51. The van der Waals surface area contributed by atoms with Gasteiger partial charge in [-0.25, -0.2) is 9.59 Å². The van der Waals surface area contributed by atoms with Crippen molar-refractivity contribution in [1.82, 2.24) is 10.6 Å². The second-order valence-electron chi connectivity index (χ2n) is 4.58. The van der Waals surface area contributed by atoms with Gasteiger partial charge in [-0.15, -0.1) is 0 Å². The molecule has 2 N–H and O–H groups in total. The maximum Gasteiger partial charge on any atom is 0.338 e. The Morgan fingerprint density at radius 3 is 2.61 bits per heavy atom. The van der Waals surface area contributed by atoms with Crippen molar-refractivity contribution < 1.29 is 23.9 Å². The minimum atomic E-state index is -0.695. The van der Waals surface area contributed by atoms with Crippen molar-refractivity contribution in [3.63, 3.8) is 0 Å². The first-order valence-electron chi connectivity index (χ1n) is 7.06. The predicted molar refractivity (Wildman–Crippen MR) is 87.4 cm³/mol. The Morgan fingerprint density at radius 2 is 2.00 bits per heavy atom. The van der Waals surface area contributed by atoms with Crippen LogP contribution in [0.15, 0.2) is 22.7 Å². The highest BCUT2D eigenvalue weighted by atomic mass is 79.9. The lowest BCUT2D eigenvalue weighted by atomic mass is 10.2. The van der Waals surface area contributed by atoms with E-state index in [1.807, 2.05) is 6.92 Å². The summed E-state index contributed by atoms with van der Waals surface area (Å²) < 4.78 is 10.5. The van der Waals surface area contributed by atoms with Crippen LogP contribution in [0, 0.1) is 0 Å². The first-order chi connectivity index (χ1) is 11.0. The van der Waals surface area contributed by atoms with E-state index in [9.17, 15) is 14.4 Å². The number of hydrogen-bond donors (Lipinski definition) is 2. The second-order valence-corrected chi connectivity index (χ2v) is 5.44. The highest BCUT2D eigenvalue weighted by Gasteiger charge is 2.13. The molecule has 0 saturated carbocycles. The normalized spacial score (nSPS) is 9.87. The van der Waals surface area contributed by atoms with Crippen molar-refractivity contribution in [2.24, 2.45) is 0 Å². The second kappa shape index (κ2) is 9.83. The Kier molecular flexibility index (Phi) is 8.10. The summed E-state index contributed by atoms with van der Waals surface area (Å²) in [6.07, 6.45) is 1.76. The van der Waals surface area contributed by atoms with Crippen molar-refractivity contribution in [2.75, 3.05) is 20.3 Å². The number of esters is 1. The molecular formula is C15H19BrN2O5. The van der Waals surface area contributed by atoms with E-state index in [4.69, 9.17) is 9.47 Å². The van der Waals surface area contributed by atoms with E-state index in [-0.39, 0.29) is 5.56 Å². The summed E-state index contributed by atoms with van der Waals surface area (Å²) in [4.78, 5) is 34.7. The highest BCUT2D eigenvalue weighted by Crippen LogP contribution is 2.25. The first kappa shape index (κ1) is 19.0. The standard InChI is InChI=1S/C15H19BrN2O5/c1-3-4-7-17-15(21)18-13(19)9-23-14(20)10-5-6-12(22-2)11(16)8-10/h5-6,8H,3-4,7,9H2,1-2H3,(H2,17,18,19,21). The number of ether oxygens (including phenoxy) is 2. The minimum absolute atomic E-state index is 0.262. The Labute approximate surface area is 142 Å². The molecule has 126 valence electrons. The number of methoxy groups -OCH3 is 1. The number of urea groups is 1. The summed E-state index contributed by atoms with van der Waals surface area (Å²) in [5.41, 5.74) is 0.262. The zero-order valence-corrected chi connectivity index (χ0v) is 14.6. The van der Waals surface area contributed by atoms with E-state index in [1.165, 1.54) is 19.2 Å². The van der Waals surface area contributed by atoms with Crippen LogP contribution in [0.2, 0.25) is 0 Å². The van der Waals surface area contributed by atoms with E-state index in [2.05, 4.69) is 26.6 Å². The third-order valence-corrected chi connectivity index (χ3v) is 3.41. The number of carbonyl (C=O) groups excluding carboxylic acids is 3. The molecule has 0 radical (unpaired) electrons. The van der Waals surface area contributed by atoms with Crippen LogP contribution in [0.1, 0.15) is 30.1 Å². The number of nitrogens with one attached hydrogen (secondary N) is 2. The van der Waals surface area contributed by atoms with Crippen LogP contribution in [-0.2, 0) is 9.53 Å². The minimum Gasteiger partial charge on any atom is -0.496 e. The molecular weight excluding hydrogens is 368 g/mol. The Balaban J connectivity index is 2.42. The van der Waals surface area contributed by atoms with Crippen LogP contribution >= 0.6 is 15.9 Å². The van der Waals surface area contributed by atoms with Crippen molar-refractivity contribution in [3.8, 4) is 5.75 Å². The molecule has 0 aliphatic heterocycles. The van der Waals surface area contributed by atoms with E-state index < -0.39 is 24.5 Å².